The number of amides is 1. The maximum atomic E-state index is 12.2. The minimum Gasteiger partial charge on any atom is -0.355 e. The molecule has 1 amide bonds. The summed E-state index contributed by atoms with van der Waals surface area (Å²) >= 11 is 17.9. The number of benzene rings is 2. The van der Waals surface area contributed by atoms with Crippen LogP contribution in [0.2, 0.25) is 15.1 Å². The summed E-state index contributed by atoms with van der Waals surface area (Å²) in [6.45, 7) is 0.603. The van der Waals surface area contributed by atoms with Crippen molar-refractivity contribution in [1.82, 2.24) is 5.32 Å². The number of nitrogens with one attached hydrogen (secondary N) is 1. The highest BCUT2D eigenvalue weighted by atomic mass is 35.5. The number of carbonyl (C=O) groups excluding carboxylic acids is 1. The van der Waals surface area contributed by atoms with E-state index in [1.165, 1.54) is 0 Å². The highest BCUT2D eigenvalue weighted by Gasteiger charge is 2.36. The first-order chi connectivity index (χ1) is 10.1. The van der Waals surface area contributed by atoms with Crippen LogP contribution in [0.5, 0.6) is 0 Å². The molecule has 5 heteroatoms. The largest absolute Gasteiger partial charge is 0.355 e. The van der Waals surface area contributed by atoms with Crippen molar-refractivity contribution in [2.24, 2.45) is 0 Å². The fraction of sp³-hybridized carbons (Fsp3) is 0.188. The average Bonchev–Trinajstić information content (AvgIpc) is 2.85. The number of hydrogen-bond acceptors (Lipinski definition) is 1. The molecule has 1 fully saturated rings. The van der Waals surface area contributed by atoms with Gasteiger partial charge in [0.05, 0.1) is 16.0 Å². The normalized spacial score (nSPS) is 21.4. The molecule has 0 aliphatic carbocycles. The smallest absolute Gasteiger partial charge is 0.228 e. The summed E-state index contributed by atoms with van der Waals surface area (Å²) in [5.74, 6) is -0.193. The van der Waals surface area contributed by atoms with Crippen molar-refractivity contribution in [1.29, 1.82) is 0 Å². The molecular formula is C16H12Cl3NO. The zero-order valence-corrected chi connectivity index (χ0v) is 13.2. The van der Waals surface area contributed by atoms with Gasteiger partial charge in [-0.2, -0.15) is 0 Å². The van der Waals surface area contributed by atoms with Gasteiger partial charge in [0.1, 0.15) is 0 Å². The lowest BCUT2D eigenvalue weighted by atomic mass is 9.84. The van der Waals surface area contributed by atoms with E-state index in [4.69, 9.17) is 34.8 Å². The first-order valence-corrected chi connectivity index (χ1v) is 7.68. The van der Waals surface area contributed by atoms with Gasteiger partial charge in [-0.3, -0.25) is 4.79 Å². The molecule has 1 N–H and O–H groups in total. The molecule has 1 aliphatic rings. The first kappa shape index (κ1) is 14.7. The molecule has 1 aliphatic heterocycles. The van der Waals surface area contributed by atoms with Gasteiger partial charge in [0.15, 0.2) is 0 Å². The van der Waals surface area contributed by atoms with Crippen molar-refractivity contribution in [3.8, 4) is 0 Å². The average molecular weight is 341 g/mol. The van der Waals surface area contributed by atoms with Gasteiger partial charge in [-0.25, -0.2) is 0 Å². The van der Waals surface area contributed by atoms with Crippen LogP contribution >= 0.6 is 34.8 Å². The van der Waals surface area contributed by atoms with E-state index in [1.54, 1.807) is 12.1 Å². The van der Waals surface area contributed by atoms with Crippen molar-refractivity contribution in [2.75, 3.05) is 6.54 Å². The van der Waals surface area contributed by atoms with Gasteiger partial charge in [0.2, 0.25) is 5.91 Å². The summed E-state index contributed by atoms with van der Waals surface area (Å²) in [5, 5.41) is 4.55. The van der Waals surface area contributed by atoms with Gasteiger partial charge in [0, 0.05) is 17.5 Å². The lowest BCUT2D eigenvalue weighted by Gasteiger charge is -2.18. The zero-order chi connectivity index (χ0) is 15.0. The van der Waals surface area contributed by atoms with Gasteiger partial charge < -0.3 is 5.32 Å². The summed E-state index contributed by atoms with van der Waals surface area (Å²) in [4.78, 5) is 12.2. The van der Waals surface area contributed by atoms with Crippen molar-refractivity contribution < 1.29 is 4.79 Å². The summed E-state index contributed by atoms with van der Waals surface area (Å²) in [6, 6.07) is 12.9. The second-order valence-corrected chi connectivity index (χ2v) is 6.31. The SMILES string of the molecule is O=C1NC[C@@H](c2ccc(Cl)cc2)[C@@H]1c1ccc(Cl)c(Cl)c1. The lowest BCUT2D eigenvalue weighted by molar-refractivity contribution is -0.120. The minimum atomic E-state index is -0.263. The van der Waals surface area contributed by atoms with E-state index in [9.17, 15) is 4.79 Å². The summed E-state index contributed by atoms with van der Waals surface area (Å²) in [7, 11) is 0. The van der Waals surface area contributed by atoms with Crippen molar-refractivity contribution in [3.05, 3.63) is 68.7 Å². The molecule has 2 atom stereocenters. The molecule has 0 unspecified atom stereocenters. The zero-order valence-electron chi connectivity index (χ0n) is 10.9. The molecule has 0 saturated carbocycles. The second-order valence-electron chi connectivity index (χ2n) is 5.05. The van der Waals surface area contributed by atoms with E-state index in [2.05, 4.69) is 5.32 Å². The van der Waals surface area contributed by atoms with Crippen molar-refractivity contribution >= 4 is 40.7 Å². The highest BCUT2D eigenvalue weighted by molar-refractivity contribution is 6.42. The third-order valence-electron chi connectivity index (χ3n) is 3.78. The van der Waals surface area contributed by atoms with Crippen LogP contribution in [0, 0.1) is 0 Å². The van der Waals surface area contributed by atoms with E-state index < -0.39 is 0 Å². The van der Waals surface area contributed by atoms with Crippen LogP contribution in [-0.4, -0.2) is 12.5 Å². The Bertz CT molecular complexity index is 684. The summed E-state index contributed by atoms with van der Waals surface area (Å²) < 4.78 is 0. The van der Waals surface area contributed by atoms with Crippen LogP contribution in [0.15, 0.2) is 42.5 Å². The van der Waals surface area contributed by atoms with E-state index in [-0.39, 0.29) is 17.7 Å². The molecule has 2 nitrogen and oxygen atoms in total. The van der Waals surface area contributed by atoms with Gasteiger partial charge in [0.25, 0.3) is 0 Å². The Balaban J connectivity index is 1.99. The quantitative estimate of drug-likeness (QED) is 0.847. The minimum absolute atomic E-state index is 0.00772. The van der Waals surface area contributed by atoms with Crippen LogP contribution in [-0.2, 0) is 4.79 Å². The van der Waals surface area contributed by atoms with Crippen LogP contribution in [0.4, 0.5) is 0 Å². The predicted molar refractivity (Wildman–Crippen MR) is 86.4 cm³/mol. The van der Waals surface area contributed by atoms with E-state index in [0.717, 1.165) is 11.1 Å². The molecule has 108 valence electrons. The Morgan fingerprint density at radius 3 is 2.24 bits per heavy atom. The molecule has 1 heterocycles. The third-order valence-corrected chi connectivity index (χ3v) is 4.77. The van der Waals surface area contributed by atoms with Crippen molar-refractivity contribution in [3.63, 3.8) is 0 Å². The van der Waals surface area contributed by atoms with E-state index in [0.29, 0.717) is 21.6 Å². The molecule has 0 aromatic heterocycles. The number of rotatable bonds is 2. The Kier molecular flexibility index (Phi) is 4.12. The maximum Gasteiger partial charge on any atom is 0.228 e. The van der Waals surface area contributed by atoms with Crippen LogP contribution in [0.1, 0.15) is 23.0 Å². The molecule has 1 saturated heterocycles. The van der Waals surface area contributed by atoms with Crippen LogP contribution < -0.4 is 5.32 Å². The van der Waals surface area contributed by atoms with Gasteiger partial charge in [-0.05, 0) is 35.4 Å². The Morgan fingerprint density at radius 1 is 0.905 bits per heavy atom. The molecule has 0 bridgehead atoms. The molecule has 2 aromatic rings. The Morgan fingerprint density at radius 2 is 1.57 bits per heavy atom. The number of hydrogen-bond donors (Lipinski definition) is 1. The van der Waals surface area contributed by atoms with Crippen LogP contribution in [0.25, 0.3) is 0 Å². The third kappa shape index (κ3) is 2.89. The fourth-order valence-corrected chi connectivity index (χ4v) is 3.16. The van der Waals surface area contributed by atoms with Gasteiger partial charge in [-0.15, -0.1) is 0 Å². The lowest BCUT2D eigenvalue weighted by Crippen LogP contribution is -2.18. The van der Waals surface area contributed by atoms with Crippen molar-refractivity contribution in [2.45, 2.75) is 11.8 Å². The van der Waals surface area contributed by atoms with E-state index in [1.807, 2.05) is 30.3 Å². The molecule has 2 aromatic carbocycles. The molecule has 0 spiro atoms. The molecular weight excluding hydrogens is 329 g/mol. The number of halogens is 3. The first-order valence-electron chi connectivity index (χ1n) is 6.54. The Labute approximate surface area is 138 Å². The standard InChI is InChI=1S/C16H12Cl3NO/c17-11-4-1-9(2-5-11)12-8-20-16(21)15(12)10-3-6-13(18)14(19)7-10/h1-7,12,15H,8H2,(H,20,21)/t12-,15-/m0/s1. The monoisotopic (exact) mass is 339 g/mol. The maximum absolute atomic E-state index is 12.2. The summed E-state index contributed by atoms with van der Waals surface area (Å²) in [6.07, 6.45) is 0. The van der Waals surface area contributed by atoms with Crippen LogP contribution in [0.3, 0.4) is 0 Å². The fourth-order valence-electron chi connectivity index (χ4n) is 2.73. The highest BCUT2D eigenvalue weighted by Crippen LogP contribution is 2.38. The molecule has 0 radical (unpaired) electrons. The predicted octanol–water partition coefficient (Wildman–Crippen LogP) is 4.64. The molecule has 21 heavy (non-hydrogen) atoms. The summed E-state index contributed by atoms with van der Waals surface area (Å²) in [5.41, 5.74) is 1.95. The van der Waals surface area contributed by atoms with E-state index >= 15 is 0 Å². The van der Waals surface area contributed by atoms with Gasteiger partial charge in [-0.1, -0.05) is 53.0 Å². The van der Waals surface area contributed by atoms with Gasteiger partial charge >= 0.3 is 0 Å². The topological polar surface area (TPSA) is 29.1 Å². The Hall–Kier alpha value is -1.22. The molecule has 3 rings (SSSR count). The number of carbonyl (C=O) groups is 1. The second kappa shape index (κ2) is 5.88.